The minimum absolute atomic E-state index is 0.129. The number of nitrogens with one attached hydrogen (secondary N) is 2. The number of aromatic amines is 1. The van der Waals surface area contributed by atoms with Crippen LogP contribution in [0.5, 0.6) is 0 Å². The predicted octanol–water partition coefficient (Wildman–Crippen LogP) is 6.08. The predicted molar refractivity (Wildman–Crippen MR) is 143 cm³/mol. The third-order valence-electron chi connectivity index (χ3n) is 6.64. The molecule has 0 saturated heterocycles. The second kappa shape index (κ2) is 13.5. The van der Waals surface area contributed by atoms with E-state index >= 15 is 0 Å². The molecule has 0 saturated carbocycles. The number of aryl methyl sites for hydroxylation is 1. The first kappa shape index (κ1) is 29.5. The molecule has 9 nitrogen and oxygen atoms in total. The lowest BCUT2D eigenvalue weighted by Crippen LogP contribution is -2.48. The van der Waals surface area contributed by atoms with Crippen molar-refractivity contribution in [1.29, 1.82) is 0 Å². The zero-order valence-electron chi connectivity index (χ0n) is 22.7. The van der Waals surface area contributed by atoms with Gasteiger partial charge in [-0.3, -0.25) is 0 Å². The lowest BCUT2D eigenvalue weighted by molar-refractivity contribution is 0.0394. The van der Waals surface area contributed by atoms with E-state index in [1.54, 1.807) is 27.9 Å². The number of azide groups is 1. The van der Waals surface area contributed by atoms with Gasteiger partial charge in [-0.15, -0.1) is 0 Å². The minimum atomic E-state index is -1.03. The van der Waals surface area contributed by atoms with Crippen molar-refractivity contribution in [1.82, 2.24) is 10.3 Å². The van der Waals surface area contributed by atoms with Crippen molar-refractivity contribution in [3.63, 3.8) is 0 Å². The Labute approximate surface area is 214 Å². The second-order valence-electron chi connectivity index (χ2n) is 10.9. The summed E-state index contributed by atoms with van der Waals surface area (Å²) in [5.74, 6) is 0.572. The zero-order chi connectivity index (χ0) is 26.9. The maximum absolute atomic E-state index is 12.5. The van der Waals surface area contributed by atoms with Gasteiger partial charge >= 0.3 is 6.09 Å². The molecule has 200 valence electrons. The molecule has 2 rings (SSSR count). The van der Waals surface area contributed by atoms with E-state index in [1.165, 1.54) is 16.5 Å². The summed E-state index contributed by atoms with van der Waals surface area (Å²) < 4.78 is 10.6. The van der Waals surface area contributed by atoms with Crippen molar-refractivity contribution in [2.24, 2.45) is 17.0 Å². The molecule has 36 heavy (non-hydrogen) atoms. The highest BCUT2D eigenvalue weighted by Gasteiger charge is 2.31. The van der Waals surface area contributed by atoms with Gasteiger partial charge in [0.1, 0.15) is 5.60 Å². The van der Waals surface area contributed by atoms with Crippen LogP contribution in [-0.2, 0) is 15.9 Å². The van der Waals surface area contributed by atoms with Crippen molar-refractivity contribution in [2.45, 2.75) is 84.5 Å². The summed E-state index contributed by atoms with van der Waals surface area (Å²) in [5.41, 5.74) is 11.6. The molecule has 0 aliphatic heterocycles. The van der Waals surface area contributed by atoms with Crippen LogP contribution in [0.15, 0.2) is 29.5 Å². The zero-order valence-corrected chi connectivity index (χ0v) is 22.7. The minimum Gasteiger partial charge on any atom is -0.444 e. The number of carbonyl (C=O) groups is 1. The van der Waals surface area contributed by atoms with E-state index in [1.807, 2.05) is 0 Å². The van der Waals surface area contributed by atoms with E-state index in [2.05, 4.69) is 65.5 Å². The maximum atomic E-state index is 12.5. The highest BCUT2D eigenvalue weighted by molar-refractivity contribution is 5.84. The number of amides is 1. The fourth-order valence-corrected chi connectivity index (χ4v) is 4.71. The van der Waals surface area contributed by atoms with Crippen molar-refractivity contribution < 1.29 is 19.4 Å². The number of nitrogens with zero attached hydrogens (tertiary/aromatic N) is 3. The van der Waals surface area contributed by atoms with Crippen LogP contribution in [0.3, 0.4) is 0 Å². The number of methoxy groups -OCH3 is 1. The highest BCUT2D eigenvalue weighted by atomic mass is 16.6. The first-order valence-electron chi connectivity index (χ1n) is 12.7. The van der Waals surface area contributed by atoms with Gasteiger partial charge in [0.2, 0.25) is 0 Å². The van der Waals surface area contributed by atoms with E-state index in [0.29, 0.717) is 6.42 Å². The topological polar surface area (TPSA) is 132 Å². The van der Waals surface area contributed by atoms with Crippen molar-refractivity contribution >= 4 is 17.0 Å². The molecule has 1 aromatic carbocycles. The molecule has 0 aliphatic carbocycles. The average Bonchev–Trinajstić information content (AvgIpc) is 3.20. The Kier molecular flexibility index (Phi) is 11.1. The number of hydrogen-bond donors (Lipinski definition) is 3. The van der Waals surface area contributed by atoms with Gasteiger partial charge in [-0.2, -0.15) is 0 Å². The monoisotopic (exact) mass is 501 g/mol. The molecular weight excluding hydrogens is 458 g/mol. The molecule has 1 aromatic heterocycles. The molecule has 0 radical (unpaired) electrons. The number of benzene rings is 1. The Morgan fingerprint density at radius 2 is 2.00 bits per heavy atom. The van der Waals surface area contributed by atoms with Gasteiger partial charge in [-0.1, -0.05) is 32.0 Å². The van der Waals surface area contributed by atoms with Gasteiger partial charge in [-0.25, -0.2) is 4.79 Å². The number of carbonyl (C=O) groups excluding carboxylic acids is 1. The Bertz CT molecular complexity index is 1020. The number of aromatic nitrogens is 1. The van der Waals surface area contributed by atoms with Gasteiger partial charge in [0.05, 0.1) is 18.7 Å². The molecular formula is C27H43N5O4. The third kappa shape index (κ3) is 8.73. The smallest absolute Gasteiger partial charge is 0.407 e. The third-order valence-corrected chi connectivity index (χ3v) is 6.64. The molecule has 2 aromatic rings. The van der Waals surface area contributed by atoms with Crippen LogP contribution in [0.25, 0.3) is 21.3 Å². The van der Waals surface area contributed by atoms with E-state index in [-0.39, 0.29) is 24.3 Å². The molecule has 1 amide bonds. The van der Waals surface area contributed by atoms with Crippen LogP contribution in [0.4, 0.5) is 4.79 Å². The number of fused-ring (bicyclic) bond motifs is 1. The van der Waals surface area contributed by atoms with Gasteiger partial charge in [-0.05, 0) is 86.6 Å². The number of ether oxygens (including phenoxy) is 2. The fourth-order valence-electron chi connectivity index (χ4n) is 4.71. The summed E-state index contributed by atoms with van der Waals surface area (Å²) in [4.78, 5) is 18.7. The maximum Gasteiger partial charge on any atom is 0.407 e. The highest BCUT2D eigenvalue weighted by Crippen LogP contribution is 2.36. The molecule has 0 fully saturated rings. The lowest BCUT2D eigenvalue weighted by atomic mass is 9.76. The number of aliphatic hydroxyl groups is 1. The Morgan fingerprint density at radius 3 is 2.61 bits per heavy atom. The molecule has 4 unspecified atom stereocenters. The van der Waals surface area contributed by atoms with E-state index in [9.17, 15) is 9.90 Å². The van der Waals surface area contributed by atoms with Crippen LogP contribution in [-0.4, -0.2) is 54.2 Å². The first-order chi connectivity index (χ1) is 17.0. The van der Waals surface area contributed by atoms with Gasteiger partial charge in [0.15, 0.2) is 0 Å². The molecule has 3 N–H and O–H groups in total. The van der Waals surface area contributed by atoms with Crippen LogP contribution in [0, 0.1) is 11.8 Å². The summed E-state index contributed by atoms with van der Waals surface area (Å²) in [6, 6.07) is 5.89. The number of hydrogen-bond acceptors (Lipinski definition) is 5. The summed E-state index contributed by atoms with van der Waals surface area (Å²) >= 11 is 0. The Balaban J connectivity index is 2.29. The van der Waals surface area contributed by atoms with Gasteiger partial charge in [0.25, 0.3) is 0 Å². The fraction of sp³-hybridized carbons (Fsp3) is 0.667. The van der Waals surface area contributed by atoms with E-state index in [0.717, 1.165) is 25.0 Å². The largest absolute Gasteiger partial charge is 0.444 e. The van der Waals surface area contributed by atoms with E-state index < -0.39 is 23.8 Å². The number of H-pyrrole nitrogens is 1. The molecule has 0 aliphatic rings. The summed E-state index contributed by atoms with van der Waals surface area (Å²) in [5, 5.41) is 18.3. The van der Waals surface area contributed by atoms with Crippen molar-refractivity contribution in [3.05, 3.63) is 46.0 Å². The number of aliphatic hydroxyl groups excluding tert-OH is 1. The molecule has 0 bridgehead atoms. The first-order valence-corrected chi connectivity index (χ1v) is 12.7. The SMILES string of the molecule is COCCCc1c[nH]c2ccc(C(C)C(CC(NC(=O)OC(C)(C)C)C(O)CN=[N+]=[N-])C(C)C)cc12. The lowest BCUT2D eigenvalue weighted by Gasteiger charge is -2.34. The van der Waals surface area contributed by atoms with Crippen LogP contribution >= 0.6 is 0 Å². The Hall–Kier alpha value is -2.74. The average molecular weight is 502 g/mol. The number of rotatable bonds is 13. The van der Waals surface area contributed by atoms with Crippen molar-refractivity contribution in [2.75, 3.05) is 20.3 Å². The van der Waals surface area contributed by atoms with E-state index in [4.69, 9.17) is 15.0 Å². The van der Waals surface area contributed by atoms with Crippen molar-refractivity contribution in [3.8, 4) is 0 Å². The normalized spacial score (nSPS) is 15.2. The standard InChI is InChI=1S/C27H43N5O4/c1-17(2)21(14-24(25(33)16-30-32-28)31-26(34)36-27(4,5)6)18(3)19-10-11-23-22(13-19)20(15-29-23)9-8-12-35-7/h10-11,13,15,17-18,21,24-25,29,33H,8-9,12,14,16H2,1-7H3,(H,31,34). The molecule has 1 heterocycles. The van der Waals surface area contributed by atoms with Gasteiger partial charge in [0, 0.05) is 35.7 Å². The second-order valence-corrected chi connectivity index (χ2v) is 10.9. The van der Waals surface area contributed by atoms with Crippen LogP contribution in [0.1, 0.15) is 71.4 Å². The van der Waals surface area contributed by atoms with Crippen LogP contribution in [0.2, 0.25) is 0 Å². The molecule has 0 spiro atoms. The molecule has 4 atom stereocenters. The summed E-state index contributed by atoms with van der Waals surface area (Å²) in [6.45, 7) is 12.5. The number of alkyl carbamates (subject to hydrolysis) is 1. The Morgan fingerprint density at radius 1 is 1.28 bits per heavy atom. The van der Waals surface area contributed by atoms with Crippen LogP contribution < -0.4 is 5.32 Å². The summed E-state index contributed by atoms with van der Waals surface area (Å²) in [7, 11) is 1.72. The van der Waals surface area contributed by atoms with Gasteiger partial charge < -0.3 is 24.9 Å². The summed E-state index contributed by atoms with van der Waals surface area (Å²) in [6.07, 6.45) is 2.85. The quantitative estimate of drug-likeness (QED) is 0.133. The molecule has 9 heteroatoms.